The molecule has 0 aliphatic rings. The van der Waals surface area contributed by atoms with Gasteiger partial charge in [-0.25, -0.2) is 15.0 Å². The van der Waals surface area contributed by atoms with Crippen LogP contribution in [0.5, 0.6) is 0 Å². The van der Waals surface area contributed by atoms with E-state index in [1.807, 2.05) is 12.1 Å². The van der Waals surface area contributed by atoms with Gasteiger partial charge >= 0.3 is 0 Å². The minimum atomic E-state index is 0.559. The Morgan fingerprint density at radius 1 is 0.253 bits per heavy atom. The molecule has 0 N–H and O–H groups in total. The molecule has 0 spiro atoms. The Hall–Kier alpha value is -10.2. The molecule has 4 aromatic heterocycles. The lowest BCUT2D eigenvalue weighted by Crippen LogP contribution is -2.04. The van der Waals surface area contributed by atoms with Crippen LogP contribution in [0.3, 0.4) is 0 Å². The van der Waals surface area contributed by atoms with Gasteiger partial charge in [0.1, 0.15) is 0 Å². The number of rotatable bonds is 8. The average molecular weight is 958 g/mol. The number of aromatic nitrogens is 5. The van der Waals surface area contributed by atoms with E-state index in [0.717, 1.165) is 110 Å². The summed E-state index contributed by atoms with van der Waals surface area (Å²) < 4.78 is 12.2. The summed E-state index contributed by atoms with van der Waals surface area (Å²) in [5.41, 5.74) is 17.1. The van der Waals surface area contributed by atoms with E-state index in [1.165, 1.54) is 16.5 Å². The number of benzene rings is 11. The first kappa shape index (κ1) is 42.5. The van der Waals surface area contributed by atoms with Crippen LogP contribution in [0.25, 0.3) is 144 Å². The second-order valence-corrected chi connectivity index (χ2v) is 19.0. The fourth-order valence-electron chi connectivity index (χ4n) is 11.4. The molecule has 15 rings (SSSR count). The molecule has 6 nitrogen and oxygen atoms in total. The van der Waals surface area contributed by atoms with Gasteiger partial charge in [0.05, 0.1) is 27.8 Å². The summed E-state index contributed by atoms with van der Waals surface area (Å²) in [6.45, 7) is 0. The second kappa shape index (κ2) is 17.3. The molecule has 6 heteroatoms. The van der Waals surface area contributed by atoms with Crippen LogP contribution in [-0.4, -0.2) is 24.1 Å². The fraction of sp³-hybridized carbons (Fsp3) is 0. The van der Waals surface area contributed by atoms with Crippen molar-refractivity contribution < 1.29 is 4.42 Å². The van der Waals surface area contributed by atoms with E-state index in [2.05, 4.69) is 258 Å². The number of nitrogens with zero attached hydrogens (tertiary/aromatic N) is 5. The molecular formula is C69H43N5O. The zero-order chi connectivity index (χ0) is 49.4. The van der Waals surface area contributed by atoms with E-state index in [9.17, 15) is 0 Å². The molecule has 4 heterocycles. The molecule has 0 fully saturated rings. The molecule has 0 saturated heterocycles. The summed E-state index contributed by atoms with van der Waals surface area (Å²) in [6.07, 6.45) is 0. The summed E-state index contributed by atoms with van der Waals surface area (Å²) in [4.78, 5) is 16.3. The highest BCUT2D eigenvalue weighted by Crippen LogP contribution is 2.46. The molecule has 0 saturated carbocycles. The Balaban J connectivity index is 0.988. The van der Waals surface area contributed by atoms with Crippen LogP contribution < -0.4 is 0 Å². The topological polar surface area (TPSA) is 61.7 Å². The Morgan fingerprint density at radius 2 is 0.627 bits per heavy atom. The lowest BCUT2D eigenvalue weighted by atomic mass is 9.98. The summed E-state index contributed by atoms with van der Waals surface area (Å²) in [6, 6.07) is 91.9. The minimum Gasteiger partial charge on any atom is -0.452 e. The smallest absolute Gasteiger partial charge is 0.166 e. The molecule has 0 radical (unpaired) electrons. The summed E-state index contributed by atoms with van der Waals surface area (Å²) >= 11 is 0. The minimum absolute atomic E-state index is 0.559. The van der Waals surface area contributed by atoms with Gasteiger partial charge < -0.3 is 13.6 Å². The van der Waals surface area contributed by atoms with Crippen molar-refractivity contribution in [2.24, 2.45) is 0 Å². The number of furan rings is 1. The third-order valence-corrected chi connectivity index (χ3v) is 14.8. The lowest BCUT2D eigenvalue weighted by Gasteiger charge is -2.16. The van der Waals surface area contributed by atoms with Crippen molar-refractivity contribution in [1.29, 1.82) is 0 Å². The first-order valence-corrected chi connectivity index (χ1v) is 25.4. The highest BCUT2D eigenvalue weighted by atomic mass is 16.3. The van der Waals surface area contributed by atoms with Gasteiger partial charge in [-0.2, -0.15) is 0 Å². The van der Waals surface area contributed by atoms with Crippen molar-refractivity contribution in [2.45, 2.75) is 0 Å². The van der Waals surface area contributed by atoms with Crippen LogP contribution in [0.15, 0.2) is 265 Å². The average Bonchev–Trinajstić information content (AvgIpc) is 4.19. The highest BCUT2D eigenvalue weighted by molar-refractivity contribution is 6.26. The van der Waals surface area contributed by atoms with Crippen LogP contribution in [0, 0.1) is 0 Å². The van der Waals surface area contributed by atoms with Crippen LogP contribution in [-0.2, 0) is 0 Å². The summed E-state index contributed by atoms with van der Waals surface area (Å²) in [5.74, 6) is 1.73. The molecule has 15 aromatic rings. The van der Waals surface area contributed by atoms with Crippen molar-refractivity contribution >= 4 is 65.6 Å². The highest BCUT2D eigenvalue weighted by Gasteiger charge is 2.26. The van der Waals surface area contributed by atoms with Gasteiger partial charge in [0.25, 0.3) is 0 Å². The first-order valence-electron chi connectivity index (χ1n) is 25.4. The quantitative estimate of drug-likeness (QED) is 0.152. The predicted molar refractivity (Wildman–Crippen MR) is 308 cm³/mol. The number of fused-ring (bicyclic) bond motifs is 11. The third kappa shape index (κ3) is 6.84. The molecule has 11 aromatic carbocycles. The molecule has 75 heavy (non-hydrogen) atoms. The van der Waals surface area contributed by atoms with Gasteiger partial charge in [0, 0.05) is 54.7 Å². The van der Waals surface area contributed by atoms with Crippen molar-refractivity contribution in [3.05, 3.63) is 261 Å². The predicted octanol–water partition coefficient (Wildman–Crippen LogP) is 18.0. The van der Waals surface area contributed by atoms with Crippen LogP contribution in [0.1, 0.15) is 0 Å². The van der Waals surface area contributed by atoms with Gasteiger partial charge in [-0.05, 0) is 81.9 Å². The SMILES string of the molecule is c1ccc(-c2ccc(-n3c4ccccc4c4ccc5c6ccc7c8ccccc8n(-c8ccccc8-c8nc(-c9ccccc9-c9ccccc9)nc(-c9ccccc9-c9ccccc9)n8)c7c6oc5c43)cc2)cc1. The molecule has 0 aliphatic carbocycles. The normalized spacial score (nSPS) is 11.7. The molecular weight excluding hydrogens is 915 g/mol. The Labute approximate surface area is 431 Å². The number of para-hydroxylation sites is 3. The van der Waals surface area contributed by atoms with Gasteiger partial charge in [-0.3, -0.25) is 0 Å². The Morgan fingerprint density at radius 3 is 1.16 bits per heavy atom. The van der Waals surface area contributed by atoms with E-state index >= 15 is 0 Å². The molecule has 0 unspecified atom stereocenters. The largest absolute Gasteiger partial charge is 0.452 e. The number of hydrogen-bond donors (Lipinski definition) is 0. The van der Waals surface area contributed by atoms with Crippen LogP contribution in [0.4, 0.5) is 0 Å². The van der Waals surface area contributed by atoms with Gasteiger partial charge in [-0.1, -0.05) is 212 Å². The van der Waals surface area contributed by atoms with Crippen LogP contribution >= 0.6 is 0 Å². The maximum atomic E-state index is 7.48. The maximum absolute atomic E-state index is 7.48. The van der Waals surface area contributed by atoms with Crippen molar-refractivity contribution in [2.75, 3.05) is 0 Å². The Bertz CT molecular complexity index is 4590. The first-order chi connectivity index (χ1) is 37.2. The van der Waals surface area contributed by atoms with E-state index in [1.54, 1.807) is 0 Å². The monoisotopic (exact) mass is 957 g/mol. The standard InChI is InChI=1S/C69H43N5O/c1-4-20-44(21-5-1)45-36-38-48(39-37-45)73-60-33-17-14-28-51(60)53-40-42-55-56-43-41-54-52-29-15-18-34-61(52)74(64(54)66(56)75-65(55)63(53)73)62-35-19-16-32-59(62)69-71-67(57-30-12-10-26-49(57)46-22-6-2-7-23-46)70-68(72-69)58-31-13-11-27-50(58)47-24-8-3-9-25-47/h1-43H. The van der Waals surface area contributed by atoms with E-state index in [4.69, 9.17) is 19.4 Å². The maximum Gasteiger partial charge on any atom is 0.166 e. The molecule has 350 valence electrons. The van der Waals surface area contributed by atoms with E-state index in [0.29, 0.717) is 17.5 Å². The third-order valence-electron chi connectivity index (χ3n) is 14.8. The van der Waals surface area contributed by atoms with Crippen molar-refractivity contribution in [3.63, 3.8) is 0 Å². The van der Waals surface area contributed by atoms with Gasteiger partial charge in [0.15, 0.2) is 28.6 Å². The molecule has 0 amide bonds. The van der Waals surface area contributed by atoms with Gasteiger partial charge in [0.2, 0.25) is 0 Å². The van der Waals surface area contributed by atoms with Crippen LogP contribution in [0.2, 0.25) is 0 Å². The number of hydrogen-bond acceptors (Lipinski definition) is 4. The van der Waals surface area contributed by atoms with Crippen molar-refractivity contribution in [3.8, 4) is 78.9 Å². The molecule has 0 bridgehead atoms. The summed E-state index contributed by atoms with van der Waals surface area (Å²) in [5, 5.41) is 6.60. The molecule has 0 atom stereocenters. The zero-order valence-electron chi connectivity index (χ0n) is 40.5. The summed E-state index contributed by atoms with van der Waals surface area (Å²) in [7, 11) is 0. The van der Waals surface area contributed by atoms with Gasteiger partial charge in [-0.15, -0.1) is 0 Å². The second-order valence-electron chi connectivity index (χ2n) is 19.0. The molecule has 0 aliphatic heterocycles. The van der Waals surface area contributed by atoms with E-state index in [-0.39, 0.29) is 0 Å². The lowest BCUT2D eigenvalue weighted by molar-refractivity contribution is 0.673. The van der Waals surface area contributed by atoms with E-state index < -0.39 is 0 Å². The zero-order valence-corrected chi connectivity index (χ0v) is 40.5. The van der Waals surface area contributed by atoms with Crippen molar-refractivity contribution in [1.82, 2.24) is 24.1 Å². The Kier molecular flexibility index (Phi) is 9.78. The fourth-order valence-corrected chi connectivity index (χ4v) is 11.4.